The first-order chi connectivity index (χ1) is 7.24. The maximum Gasteiger partial charge on any atom is 0.237 e. The Labute approximate surface area is 98.5 Å². The van der Waals surface area contributed by atoms with Crippen molar-refractivity contribution in [1.82, 2.24) is 9.97 Å². The third-order valence-corrected chi connectivity index (χ3v) is 1.94. The molecule has 0 unspecified atom stereocenters. The summed E-state index contributed by atoms with van der Waals surface area (Å²) in [5, 5.41) is 0.457. The Morgan fingerprint density at radius 1 is 1.27 bits per heavy atom. The quantitative estimate of drug-likeness (QED) is 0.575. The summed E-state index contributed by atoms with van der Waals surface area (Å²) in [6, 6.07) is 0. The molecule has 4 nitrogen and oxygen atoms in total. The molecule has 0 N–H and O–H groups in total. The van der Waals surface area contributed by atoms with Crippen molar-refractivity contribution in [2.75, 3.05) is 19.8 Å². The second kappa shape index (κ2) is 6.82. The molecule has 0 radical (unpaired) electrons. The minimum Gasteiger partial charge on any atom is -0.474 e. The molecule has 1 aromatic rings. The van der Waals surface area contributed by atoms with E-state index in [2.05, 4.69) is 9.97 Å². The van der Waals surface area contributed by atoms with Gasteiger partial charge in [-0.05, 0) is 18.0 Å². The van der Waals surface area contributed by atoms with Gasteiger partial charge in [-0.1, -0.05) is 18.5 Å². The summed E-state index contributed by atoms with van der Waals surface area (Å²) in [7, 11) is 0. The van der Waals surface area contributed by atoms with Crippen LogP contribution in [0.15, 0.2) is 6.20 Å². The van der Waals surface area contributed by atoms with Crippen LogP contribution < -0.4 is 4.74 Å². The fraction of sp³-hybridized carbons (Fsp3) is 0.556. The van der Waals surface area contributed by atoms with Crippen LogP contribution in [0.5, 0.6) is 5.88 Å². The van der Waals surface area contributed by atoms with Crippen molar-refractivity contribution in [2.45, 2.75) is 13.3 Å². The van der Waals surface area contributed by atoms with Crippen molar-refractivity contribution < 1.29 is 9.47 Å². The first-order valence-corrected chi connectivity index (χ1v) is 5.38. The molecule has 1 aromatic heterocycles. The molecule has 1 heterocycles. The molecule has 0 aromatic carbocycles. The molecular weight excluding hydrogens is 239 g/mol. The molecule has 15 heavy (non-hydrogen) atoms. The number of aromatic nitrogens is 2. The topological polar surface area (TPSA) is 44.2 Å². The predicted octanol–water partition coefficient (Wildman–Crippen LogP) is 2.59. The molecular formula is C9H12Cl2N2O2. The maximum absolute atomic E-state index is 5.79. The number of hydrogen-bond donors (Lipinski definition) is 0. The van der Waals surface area contributed by atoms with E-state index in [1.54, 1.807) is 0 Å². The van der Waals surface area contributed by atoms with E-state index >= 15 is 0 Å². The Morgan fingerprint density at radius 2 is 2.07 bits per heavy atom. The largest absolute Gasteiger partial charge is 0.474 e. The Bertz CT molecular complexity index is 310. The highest BCUT2D eigenvalue weighted by Crippen LogP contribution is 2.21. The summed E-state index contributed by atoms with van der Waals surface area (Å²) < 4.78 is 10.5. The van der Waals surface area contributed by atoms with Crippen molar-refractivity contribution in [3.63, 3.8) is 0 Å². The standard InChI is InChI=1S/C9H12Cl2N2O2/c1-2-3-14-4-5-15-8-7(10)6-12-9(11)13-8/h6H,2-5H2,1H3. The second-order valence-corrected chi connectivity index (χ2v) is 3.50. The van der Waals surface area contributed by atoms with E-state index in [-0.39, 0.29) is 11.2 Å². The molecule has 0 saturated heterocycles. The third-order valence-electron chi connectivity index (χ3n) is 1.50. The van der Waals surface area contributed by atoms with Gasteiger partial charge in [-0.3, -0.25) is 0 Å². The monoisotopic (exact) mass is 250 g/mol. The van der Waals surface area contributed by atoms with Crippen LogP contribution >= 0.6 is 23.2 Å². The molecule has 0 atom stereocenters. The van der Waals surface area contributed by atoms with Gasteiger partial charge in [0, 0.05) is 6.61 Å². The van der Waals surface area contributed by atoms with E-state index in [4.69, 9.17) is 32.7 Å². The molecule has 1 rings (SSSR count). The zero-order chi connectivity index (χ0) is 11.1. The zero-order valence-corrected chi connectivity index (χ0v) is 9.88. The molecule has 0 aliphatic carbocycles. The van der Waals surface area contributed by atoms with Gasteiger partial charge in [-0.2, -0.15) is 4.98 Å². The van der Waals surface area contributed by atoms with Crippen LogP contribution in [0.1, 0.15) is 13.3 Å². The summed E-state index contributed by atoms with van der Waals surface area (Å²) in [4.78, 5) is 7.54. The fourth-order valence-corrected chi connectivity index (χ4v) is 1.15. The molecule has 0 fully saturated rings. The van der Waals surface area contributed by atoms with E-state index in [9.17, 15) is 0 Å². The van der Waals surface area contributed by atoms with Gasteiger partial charge in [-0.15, -0.1) is 0 Å². The molecule has 0 bridgehead atoms. The van der Waals surface area contributed by atoms with E-state index < -0.39 is 0 Å². The average molecular weight is 251 g/mol. The lowest BCUT2D eigenvalue weighted by Gasteiger charge is -2.06. The number of nitrogens with zero attached hydrogens (tertiary/aromatic N) is 2. The minimum atomic E-state index is 0.115. The highest BCUT2D eigenvalue weighted by atomic mass is 35.5. The molecule has 0 saturated carbocycles. The molecule has 6 heteroatoms. The Hall–Kier alpha value is -0.580. The third kappa shape index (κ3) is 4.64. The zero-order valence-electron chi connectivity index (χ0n) is 8.37. The van der Waals surface area contributed by atoms with Crippen LogP contribution in [0.3, 0.4) is 0 Å². The SMILES string of the molecule is CCCOCCOc1nc(Cl)ncc1Cl. The van der Waals surface area contributed by atoms with Crippen molar-refractivity contribution in [2.24, 2.45) is 0 Å². The second-order valence-electron chi connectivity index (χ2n) is 2.75. The van der Waals surface area contributed by atoms with Gasteiger partial charge in [0.25, 0.3) is 0 Å². The average Bonchev–Trinajstić information content (AvgIpc) is 2.23. The van der Waals surface area contributed by atoms with Crippen molar-refractivity contribution in [3.8, 4) is 5.88 Å². The highest BCUT2D eigenvalue weighted by Gasteiger charge is 2.04. The van der Waals surface area contributed by atoms with Crippen LogP contribution in [0.4, 0.5) is 0 Å². The Morgan fingerprint density at radius 3 is 2.80 bits per heavy atom. The lowest BCUT2D eigenvalue weighted by Crippen LogP contribution is -2.08. The van der Waals surface area contributed by atoms with Gasteiger partial charge in [-0.25, -0.2) is 4.98 Å². The first-order valence-electron chi connectivity index (χ1n) is 4.62. The van der Waals surface area contributed by atoms with Crippen LogP contribution in [0, 0.1) is 0 Å². The number of ether oxygens (including phenoxy) is 2. The van der Waals surface area contributed by atoms with Crippen LogP contribution in [-0.4, -0.2) is 29.8 Å². The molecule has 0 amide bonds. The molecule has 0 spiro atoms. The fourth-order valence-electron chi connectivity index (χ4n) is 0.876. The Balaban J connectivity index is 2.33. The minimum absolute atomic E-state index is 0.115. The maximum atomic E-state index is 5.79. The van der Waals surface area contributed by atoms with Crippen molar-refractivity contribution in [3.05, 3.63) is 16.5 Å². The van der Waals surface area contributed by atoms with Crippen molar-refractivity contribution >= 4 is 23.2 Å². The number of halogens is 2. The lowest BCUT2D eigenvalue weighted by molar-refractivity contribution is 0.0990. The van der Waals surface area contributed by atoms with Crippen molar-refractivity contribution in [1.29, 1.82) is 0 Å². The van der Waals surface area contributed by atoms with E-state index in [0.717, 1.165) is 13.0 Å². The summed E-state index contributed by atoms with van der Waals surface area (Å²) in [6.45, 7) is 3.67. The smallest absolute Gasteiger partial charge is 0.237 e. The first kappa shape index (κ1) is 12.5. The van der Waals surface area contributed by atoms with E-state index in [0.29, 0.717) is 18.2 Å². The summed E-state index contributed by atoms with van der Waals surface area (Å²) in [6.07, 6.45) is 2.39. The van der Waals surface area contributed by atoms with Crippen LogP contribution in [0.25, 0.3) is 0 Å². The lowest BCUT2D eigenvalue weighted by atomic mass is 10.5. The predicted molar refractivity (Wildman–Crippen MR) is 58.7 cm³/mol. The summed E-state index contributed by atoms with van der Waals surface area (Å²) >= 11 is 11.4. The normalized spacial score (nSPS) is 10.3. The van der Waals surface area contributed by atoms with Crippen LogP contribution in [-0.2, 0) is 4.74 Å². The molecule has 84 valence electrons. The van der Waals surface area contributed by atoms with Gasteiger partial charge < -0.3 is 9.47 Å². The summed E-state index contributed by atoms with van der Waals surface area (Å²) in [5.74, 6) is 0.289. The van der Waals surface area contributed by atoms with Gasteiger partial charge in [0.2, 0.25) is 11.2 Å². The molecule has 0 aliphatic rings. The van der Waals surface area contributed by atoms with E-state index in [1.165, 1.54) is 6.20 Å². The number of hydrogen-bond acceptors (Lipinski definition) is 4. The summed E-state index contributed by atoms with van der Waals surface area (Å²) in [5.41, 5.74) is 0. The Kier molecular flexibility index (Phi) is 5.68. The van der Waals surface area contributed by atoms with Gasteiger partial charge >= 0.3 is 0 Å². The van der Waals surface area contributed by atoms with Crippen LogP contribution in [0.2, 0.25) is 10.3 Å². The number of rotatable bonds is 6. The highest BCUT2D eigenvalue weighted by molar-refractivity contribution is 6.32. The van der Waals surface area contributed by atoms with Gasteiger partial charge in [0.15, 0.2) is 0 Å². The van der Waals surface area contributed by atoms with Gasteiger partial charge in [0.1, 0.15) is 11.6 Å². The van der Waals surface area contributed by atoms with Gasteiger partial charge in [0.05, 0.1) is 12.8 Å². The molecule has 0 aliphatic heterocycles. The van der Waals surface area contributed by atoms with E-state index in [1.807, 2.05) is 6.92 Å².